The van der Waals surface area contributed by atoms with Crippen LogP contribution in [0.2, 0.25) is 5.02 Å². The van der Waals surface area contributed by atoms with Gasteiger partial charge >= 0.3 is 0 Å². The fraction of sp³-hybridized carbons (Fsp3) is 0.235. The summed E-state index contributed by atoms with van der Waals surface area (Å²) in [5.74, 6) is 0.562. The Balaban J connectivity index is 2.14. The van der Waals surface area contributed by atoms with Crippen molar-refractivity contribution in [1.82, 2.24) is 0 Å². The maximum atomic E-state index is 9.35. The van der Waals surface area contributed by atoms with Crippen LogP contribution in [0.15, 0.2) is 42.5 Å². The number of fused-ring (bicyclic) bond motifs is 1. The van der Waals surface area contributed by atoms with Crippen molar-refractivity contribution in [3.8, 4) is 6.07 Å². The van der Waals surface area contributed by atoms with E-state index in [1.807, 2.05) is 18.2 Å². The van der Waals surface area contributed by atoms with Crippen molar-refractivity contribution in [3.05, 3.63) is 58.6 Å². The average molecular weight is 283 g/mol. The molecule has 1 heterocycles. The van der Waals surface area contributed by atoms with E-state index in [1.165, 1.54) is 11.3 Å². The summed E-state index contributed by atoms with van der Waals surface area (Å²) in [6.07, 6.45) is 1.09. The van der Waals surface area contributed by atoms with Gasteiger partial charge in [0, 0.05) is 17.3 Å². The van der Waals surface area contributed by atoms with Crippen molar-refractivity contribution in [2.45, 2.75) is 13.3 Å². The van der Waals surface area contributed by atoms with Crippen LogP contribution in [-0.4, -0.2) is 6.54 Å². The zero-order valence-corrected chi connectivity index (χ0v) is 12.1. The lowest BCUT2D eigenvalue weighted by atomic mass is 9.93. The van der Waals surface area contributed by atoms with Crippen LogP contribution in [0.1, 0.15) is 18.1 Å². The number of nitrogens with zero attached hydrogens (tertiary/aromatic N) is 2. The monoisotopic (exact) mass is 282 g/mol. The van der Waals surface area contributed by atoms with E-state index in [4.69, 9.17) is 11.6 Å². The summed E-state index contributed by atoms with van der Waals surface area (Å²) in [5, 5.41) is 9.95. The van der Waals surface area contributed by atoms with Crippen molar-refractivity contribution >= 4 is 23.0 Å². The van der Waals surface area contributed by atoms with E-state index in [0.29, 0.717) is 16.5 Å². The molecule has 0 fully saturated rings. The highest BCUT2D eigenvalue weighted by molar-refractivity contribution is 6.30. The number of hydrogen-bond donors (Lipinski definition) is 0. The van der Waals surface area contributed by atoms with Crippen LogP contribution in [0.5, 0.6) is 0 Å². The van der Waals surface area contributed by atoms with Gasteiger partial charge < -0.3 is 4.90 Å². The summed E-state index contributed by atoms with van der Waals surface area (Å²) in [4.78, 5) is 2.23. The lowest BCUT2D eigenvalue weighted by Crippen LogP contribution is -2.30. The van der Waals surface area contributed by atoms with Gasteiger partial charge in [0.2, 0.25) is 0 Å². The Kier molecular flexibility index (Phi) is 3.38. The van der Waals surface area contributed by atoms with Crippen molar-refractivity contribution in [1.29, 1.82) is 5.26 Å². The smallest absolute Gasteiger partial charge is 0.101 e. The van der Waals surface area contributed by atoms with Crippen LogP contribution in [0, 0.1) is 17.2 Å². The summed E-state index contributed by atoms with van der Waals surface area (Å²) in [5.41, 5.74) is 4.10. The molecule has 3 rings (SSSR count). The van der Waals surface area contributed by atoms with Gasteiger partial charge in [0.1, 0.15) is 6.07 Å². The number of hydrogen-bond acceptors (Lipinski definition) is 2. The summed E-state index contributed by atoms with van der Waals surface area (Å²) in [6, 6.07) is 16.2. The van der Waals surface area contributed by atoms with E-state index in [9.17, 15) is 5.26 Å². The number of anilines is 2. The molecule has 0 N–H and O–H groups in total. The summed E-state index contributed by atoms with van der Waals surface area (Å²) >= 11 is 5.99. The fourth-order valence-corrected chi connectivity index (χ4v) is 3.03. The maximum absolute atomic E-state index is 9.35. The van der Waals surface area contributed by atoms with E-state index in [2.05, 4.69) is 36.1 Å². The SMILES string of the molecule is CC1Cc2ccccc2N(c2ccc(Cl)cc2C#N)C1. The summed E-state index contributed by atoms with van der Waals surface area (Å²) in [6.45, 7) is 3.16. The Morgan fingerprint density at radius 1 is 1.20 bits per heavy atom. The molecule has 2 nitrogen and oxygen atoms in total. The van der Waals surface area contributed by atoms with Gasteiger partial charge in [0.25, 0.3) is 0 Å². The molecule has 1 aliphatic heterocycles. The first kappa shape index (κ1) is 13.0. The molecular weight excluding hydrogens is 268 g/mol. The zero-order valence-electron chi connectivity index (χ0n) is 11.3. The molecule has 1 atom stereocenters. The van der Waals surface area contributed by atoms with Crippen molar-refractivity contribution in [3.63, 3.8) is 0 Å². The number of rotatable bonds is 1. The highest BCUT2D eigenvalue weighted by atomic mass is 35.5. The molecule has 0 amide bonds. The van der Waals surface area contributed by atoms with Crippen LogP contribution in [0.25, 0.3) is 0 Å². The second-order valence-electron chi connectivity index (χ2n) is 5.32. The van der Waals surface area contributed by atoms with Gasteiger partial charge in [-0.3, -0.25) is 0 Å². The minimum Gasteiger partial charge on any atom is -0.340 e. The maximum Gasteiger partial charge on any atom is 0.101 e. The van der Waals surface area contributed by atoms with Crippen LogP contribution in [-0.2, 0) is 6.42 Å². The van der Waals surface area contributed by atoms with Crippen LogP contribution >= 0.6 is 11.6 Å². The quantitative estimate of drug-likeness (QED) is 0.768. The molecule has 0 saturated heterocycles. The first-order valence-corrected chi connectivity index (χ1v) is 7.12. The highest BCUT2D eigenvalue weighted by Gasteiger charge is 2.24. The molecule has 0 radical (unpaired) electrons. The lowest BCUT2D eigenvalue weighted by Gasteiger charge is -2.35. The van der Waals surface area contributed by atoms with Gasteiger partial charge in [-0.25, -0.2) is 0 Å². The summed E-state index contributed by atoms with van der Waals surface area (Å²) in [7, 11) is 0. The molecule has 100 valence electrons. The second-order valence-corrected chi connectivity index (χ2v) is 5.76. The lowest BCUT2D eigenvalue weighted by molar-refractivity contribution is 0.562. The topological polar surface area (TPSA) is 27.0 Å². The Morgan fingerprint density at radius 3 is 2.80 bits per heavy atom. The largest absolute Gasteiger partial charge is 0.340 e. The molecular formula is C17H15ClN2. The normalized spacial score (nSPS) is 17.4. The standard InChI is InChI=1S/C17H15ClN2/c1-12-8-13-4-2-3-5-16(13)20(11-12)17-7-6-15(18)9-14(17)10-19/h2-7,9,12H,8,11H2,1H3. The molecule has 0 aromatic heterocycles. The highest BCUT2D eigenvalue weighted by Crippen LogP contribution is 2.37. The first-order valence-electron chi connectivity index (χ1n) is 6.74. The third-order valence-electron chi connectivity index (χ3n) is 3.71. The van der Waals surface area contributed by atoms with E-state index >= 15 is 0 Å². The second kappa shape index (κ2) is 5.19. The van der Waals surface area contributed by atoms with Gasteiger partial charge in [-0.1, -0.05) is 36.7 Å². The molecule has 20 heavy (non-hydrogen) atoms. The number of nitriles is 1. The molecule has 3 heteroatoms. The number of benzene rings is 2. The molecule has 1 aliphatic rings. The Bertz CT molecular complexity index is 688. The van der Waals surface area contributed by atoms with Gasteiger partial charge in [-0.05, 0) is 42.2 Å². The van der Waals surface area contributed by atoms with Gasteiger partial charge in [0.05, 0.1) is 11.3 Å². The zero-order chi connectivity index (χ0) is 14.1. The molecule has 0 bridgehead atoms. The number of halogens is 1. The number of para-hydroxylation sites is 1. The van der Waals surface area contributed by atoms with E-state index in [0.717, 1.165) is 18.7 Å². The minimum atomic E-state index is 0.562. The third kappa shape index (κ3) is 2.26. The summed E-state index contributed by atoms with van der Waals surface area (Å²) < 4.78 is 0. The van der Waals surface area contributed by atoms with Gasteiger partial charge in [-0.15, -0.1) is 0 Å². The van der Waals surface area contributed by atoms with E-state index in [1.54, 1.807) is 6.07 Å². The average Bonchev–Trinajstić information content (AvgIpc) is 2.46. The van der Waals surface area contributed by atoms with Crippen molar-refractivity contribution < 1.29 is 0 Å². The fourth-order valence-electron chi connectivity index (χ4n) is 2.86. The van der Waals surface area contributed by atoms with E-state index < -0.39 is 0 Å². The molecule has 0 spiro atoms. The van der Waals surface area contributed by atoms with Gasteiger partial charge in [-0.2, -0.15) is 5.26 Å². The predicted octanol–water partition coefficient (Wildman–Crippen LogP) is 4.54. The molecule has 0 saturated carbocycles. The molecule has 2 aromatic carbocycles. The Hall–Kier alpha value is -1.98. The van der Waals surface area contributed by atoms with Crippen LogP contribution in [0.4, 0.5) is 11.4 Å². The molecule has 2 aromatic rings. The van der Waals surface area contributed by atoms with E-state index in [-0.39, 0.29) is 0 Å². The predicted molar refractivity (Wildman–Crippen MR) is 82.5 cm³/mol. The Morgan fingerprint density at radius 2 is 2.00 bits per heavy atom. The van der Waals surface area contributed by atoms with Gasteiger partial charge in [0.15, 0.2) is 0 Å². The first-order chi connectivity index (χ1) is 9.69. The molecule has 0 aliphatic carbocycles. The third-order valence-corrected chi connectivity index (χ3v) is 3.95. The van der Waals surface area contributed by atoms with Crippen LogP contribution < -0.4 is 4.90 Å². The van der Waals surface area contributed by atoms with Crippen LogP contribution in [0.3, 0.4) is 0 Å². The minimum absolute atomic E-state index is 0.562. The molecule has 1 unspecified atom stereocenters. The Labute approximate surface area is 124 Å². The van der Waals surface area contributed by atoms with Crippen molar-refractivity contribution in [2.24, 2.45) is 5.92 Å². The van der Waals surface area contributed by atoms with Crippen molar-refractivity contribution in [2.75, 3.05) is 11.4 Å².